The van der Waals surface area contributed by atoms with E-state index in [1.807, 2.05) is 51.1 Å². The van der Waals surface area contributed by atoms with Crippen LogP contribution in [0, 0.1) is 0 Å². The standard InChI is InChI=1S/C19H23NO4/c1-19(2,3)24-18(21)20-11-13-4-6-14(7-5-13)15-8-9-16-17(10-15)23-12-22-16/h4-10,16-17H,11-12H2,1-3H3,(H,20,21). The van der Waals surface area contributed by atoms with Crippen molar-refractivity contribution >= 4 is 11.7 Å². The summed E-state index contributed by atoms with van der Waals surface area (Å²) in [4.78, 5) is 11.7. The van der Waals surface area contributed by atoms with Crippen molar-refractivity contribution in [3.05, 3.63) is 53.6 Å². The lowest BCUT2D eigenvalue weighted by Gasteiger charge is -2.19. The van der Waals surface area contributed by atoms with Gasteiger partial charge in [0.15, 0.2) is 0 Å². The fourth-order valence-corrected chi connectivity index (χ4v) is 2.62. The minimum absolute atomic E-state index is 0.00138. The third-order valence-electron chi connectivity index (χ3n) is 3.78. The minimum atomic E-state index is -0.488. The van der Waals surface area contributed by atoms with Gasteiger partial charge in [-0.15, -0.1) is 0 Å². The van der Waals surface area contributed by atoms with Gasteiger partial charge in [0.25, 0.3) is 0 Å². The summed E-state index contributed by atoms with van der Waals surface area (Å²) in [6.45, 7) is 6.31. The average molecular weight is 329 g/mol. The van der Waals surface area contributed by atoms with Crippen LogP contribution < -0.4 is 5.32 Å². The molecule has 2 unspecified atom stereocenters. The number of hydrogen-bond donors (Lipinski definition) is 1. The lowest BCUT2D eigenvalue weighted by Crippen LogP contribution is -2.32. The molecule has 5 heteroatoms. The summed E-state index contributed by atoms with van der Waals surface area (Å²) in [6.07, 6.45) is 5.80. The number of benzene rings is 1. The molecule has 1 fully saturated rings. The number of alkyl carbamates (subject to hydrolysis) is 1. The molecule has 0 spiro atoms. The van der Waals surface area contributed by atoms with Crippen LogP contribution in [0.2, 0.25) is 0 Å². The van der Waals surface area contributed by atoms with Crippen molar-refractivity contribution in [1.82, 2.24) is 5.32 Å². The second-order valence-electron chi connectivity index (χ2n) is 6.91. The predicted octanol–water partition coefficient (Wildman–Crippen LogP) is 3.41. The van der Waals surface area contributed by atoms with Gasteiger partial charge in [0.05, 0.1) is 0 Å². The monoisotopic (exact) mass is 329 g/mol. The molecule has 0 aromatic heterocycles. The van der Waals surface area contributed by atoms with Crippen molar-refractivity contribution in [2.24, 2.45) is 0 Å². The zero-order chi connectivity index (χ0) is 17.2. The Bertz CT molecular complexity index is 655. The van der Waals surface area contributed by atoms with E-state index in [4.69, 9.17) is 14.2 Å². The molecule has 1 amide bonds. The first-order chi connectivity index (χ1) is 11.4. The molecule has 0 bridgehead atoms. The predicted molar refractivity (Wildman–Crippen MR) is 91.2 cm³/mol. The number of rotatable bonds is 3. The van der Waals surface area contributed by atoms with Crippen molar-refractivity contribution in [3.63, 3.8) is 0 Å². The molecule has 24 heavy (non-hydrogen) atoms. The van der Waals surface area contributed by atoms with Crippen LogP contribution in [-0.4, -0.2) is 30.7 Å². The smallest absolute Gasteiger partial charge is 0.407 e. The van der Waals surface area contributed by atoms with Gasteiger partial charge in [-0.05, 0) is 43.5 Å². The Morgan fingerprint density at radius 3 is 2.62 bits per heavy atom. The Balaban J connectivity index is 1.58. The molecule has 1 saturated heterocycles. The molecule has 0 saturated carbocycles. The molecule has 1 aromatic carbocycles. The van der Waals surface area contributed by atoms with Gasteiger partial charge in [-0.3, -0.25) is 0 Å². The van der Waals surface area contributed by atoms with E-state index in [1.54, 1.807) is 0 Å². The number of carbonyl (C=O) groups excluding carboxylic acids is 1. The highest BCUT2D eigenvalue weighted by Crippen LogP contribution is 2.27. The maximum atomic E-state index is 11.7. The molecule has 1 aliphatic heterocycles. The van der Waals surface area contributed by atoms with Crippen LogP contribution in [0.5, 0.6) is 0 Å². The molecule has 3 rings (SSSR count). The van der Waals surface area contributed by atoms with Crippen LogP contribution in [0.4, 0.5) is 4.79 Å². The summed E-state index contributed by atoms with van der Waals surface area (Å²) < 4.78 is 16.2. The molecule has 1 N–H and O–H groups in total. The highest BCUT2D eigenvalue weighted by molar-refractivity contribution is 5.76. The summed E-state index contributed by atoms with van der Waals surface area (Å²) in [5.41, 5.74) is 2.76. The molecular weight excluding hydrogens is 306 g/mol. The zero-order valence-electron chi connectivity index (χ0n) is 14.2. The molecule has 2 aliphatic rings. The van der Waals surface area contributed by atoms with E-state index in [-0.39, 0.29) is 12.2 Å². The van der Waals surface area contributed by atoms with Crippen molar-refractivity contribution in [2.45, 2.75) is 45.1 Å². The van der Waals surface area contributed by atoms with Gasteiger partial charge >= 0.3 is 6.09 Å². The third-order valence-corrected chi connectivity index (χ3v) is 3.78. The molecule has 128 valence electrons. The summed E-state index contributed by atoms with van der Waals surface area (Å²) in [7, 11) is 0. The van der Waals surface area contributed by atoms with E-state index in [0.717, 1.165) is 16.7 Å². The number of allylic oxidation sites excluding steroid dienone is 2. The minimum Gasteiger partial charge on any atom is -0.444 e. The van der Waals surface area contributed by atoms with E-state index in [2.05, 4.69) is 17.5 Å². The van der Waals surface area contributed by atoms with E-state index in [1.165, 1.54) is 0 Å². The zero-order valence-corrected chi connectivity index (χ0v) is 14.2. The van der Waals surface area contributed by atoms with Crippen LogP contribution in [0.15, 0.2) is 42.5 Å². The number of amides is 1. The Morgan fingerprint density at radius 1 is 1.21 bits per heavy atom. The van der Waals surface area contributed by atoms with Crippen LogP contribution in [0.25, 0.3) is 5.57 Å². The Morgan fingerprint density at radius 2 is 1.92 bits per heavy atom. The van der Waals surface area contributed by atoms with Crippen LogP contribution >= 0.6 is 0 Å². The summed E-state index contributed by atoms with van der Waals surface area (Å²) in [5, 5.41) is 2.76. The van der Waals surface area contributed by atoms with Crippen molar-refractivity contribution in [2.75, 3.05) is 6.79 Å². The molecule has 2 atom stereocenters. The molecule has 5 nitrogen and oxygen atoms in total. The van der Waals surface area contributed by atoms with Crippen molar-refractivity contribution in [1.29, 1.82) is 0 Å². The van der Waals surface area contributed by atoms with Crippen molar-refractivity contribution < 1.29 is 19.0 Å². The van der Waals surface area contributed by atoms with Gasteiger partial charge in [0.1, 0.15) is 24.6 Å². The summed E-state index contributed by atoms with van der Waals surface area (Å²) >= 11 is 0. The lowest BCUT2D eigenvalue weighted by atomic mass is 9.96. The van der Waals surface area contributed by atoms with E-state index < -0.39 is 11.7 Å². The number of nitrogens with one attached hydrogen (secondary N) is 1. The normalized spacial score (nSPS) is 22.7. The maximum Gasteiger partial charge on any atom is 0.407 e. The second-order valence-corrected chi connectivity index (χ2v) is 6.91. The Kier molecular flexibility index (Phi) is 4.73. The molecule has 1 aromatic rings. The van der Waals surface area contributed by atoms with Gasteiger partial charge in [-0.1, -0.05) is 36.4 Å². The van der Waals surface area contributed by atoms with E-state index in [9.17, 15) is 4.79 Å². The lowest BCUT2D eigenvalue weighted by molar-refractivity contribution is 0.0502. The Labute approximate surface area is 142 Å². The van der Waals surface area contributed by atoms with Gasteiger partial charge < -0.3 is 19.5 Å². The Hall–Kier alpha value is -2.11. The first-order valence-corrected chi connectivity index (χ1v) is 8.10. The third kappa shape index (κ3) is 4.24. The van der Waals surface area contributed by atoms with Crippen LogP contribution in [0.3, 0.4) is 0 Å². The van der Waals surface area contributed by atoms with Crippen LogP contribution in [0.1, 0.15) is 31.9 Å². The van der Waals surface area contributed by atoms with Crippen LogP contribution in [-0.2, 0) is 20.8 Å². The summed E-state index contributed by atoms with van der Waals surface area (Å²) in [6, 6.07) is 8.08. The highest BCUT2D eigenvalue weighted by atomic mass is 16.7. The molecule has 0 radical (unpaired) electrons. The fraction of sp³-hybridized carbons (Fsp3) is 0.421. The SMILES string of the molecule is CC(C)(C)OC(=O)NCc1ccc(C2=CC3OCOC3C=C2)cc1. The molecule has 1 heterocycles. The van der Waals surface area contributed by atoms with E-state index in [0.29, 0.717) is 13.3 Å². The van der Waals surface area contributed by atoms with Gasteiger partial charge in [-0.25, -0.2) is 4.79 Å². The fourth-order valence-electron chi connectivity index (χ4n) is 2.62. The maximum absolute atomic E-state index is 11.7. The van der Waals surface area contributed by atoms with Gasteiger partial charge in [0, 0.05) is 6.54 Å². The second kappa shape index (κ2) is 6.79. The van der Waals surface area contributed by atoms with E-state index >= 15 is 0 Å². The number of carbonyl (C=O) groups is 1. The molecular formula is C19H23NO4. The number of hydrogen-bond acceptors (Lipinski definition) is 4. The quantitative estimate of drug-likeness (QED) is 0.923. The molecule has 1 aliphatic carbocycles. The first-order valence-electron chi connectivity index (χ1n) is 8.10. The highest BCUT2D eigenvalue weighted by Gasteiger charge is 2.28. The first kappa shape index (κ1) is 16.7. The number of fused-ring (bicyclic) bond motifs is 1. The van der Waals surface area contributed by atoms with Crippen molar-refractivity contribution in [3.8, 4) is 0 Å². The largest absolute Gasteiger partial charge is 0.444 e. The van der Waals surface area contributed by atoms with Gasteiger partial charge in [0.2, 0.25) is 0 Å². The van der Waals surface area contributed by atoms with Gasteiger partial charge in [-0.2, -0.15) is 0 Å². The topological polar surface area (TPSA) is 56.8 Å². The summed E-state index contributed by atoms with van der Waals surface area (Å²) in [5.74, 6) is 0. The average Bonchev–Trinajstić information content (AvgIpc) is 2.99. The number of ether oxygens (including phenoxy) is 3.